The van der Waals surface area contributed by atoms with Gasteiger partial charge in [0.25, 0.3) is 0 Å². The molecule has 1 aromatic carbocycles. The number of hydrogen-bond donors (Lipinski definition) is 0. The van der Waals surface area contributed by atoms with E-state index >= 15 is 0 Å². The first-order valence-corrected chi connectivity index (χ1v) is 7.49. The number of carbonyl (C=O) groups excluding carboxylic acids is 1. The lowest BCUT2D eigenvalue weighted by atomic mass is 10.2. The van der Waals surface area contributed by atoms with E-state index in [1.807, 2.05) is 12.1 Å². The van der Waals surface area contributed by atoms with Crippen LogP contribution in [0.3, 0.4) is 0 Å². The van der Waals surface area contributed by atoms with E-state index in [-0.39, 0.29) is 12.6 Å². The number of halogens is 2. The summed E-state index contributed by atoms with van der Waals surface area (Å²) in [5.41, 5.74) is 0.566. The van der Waals surface area contributed by atoms with Gasteiger partial charge in [0, 0.05) is 14.3 Å². The van der Waals surface area contributed by atoms with Crippen LogP contribution in [0.2, 0.25) is 0 Å². The van der Waals surface area contributed by atoms with Crippen molar-refractivity contribution >= 4 is 51.2 Å². The average Bonchev–Trinajstić information content (AvgIpc) is 2.36. The summed E-state index contributed by atoms with van der Waals surface area (Å²) in [6.45, 7) is 1.69. The lowest BCUT2D eigenvalue weighted by molar-refractivity contribution is 0.0213. The van der Waals surface area contributed by atoms with Crippen molar-refractivity contribution in [2.75, 3.05) is 33.5 Å². The van der Waals surface area contributed by atoms with Crippen molar-refractivity contribution in [3.8, 4) is 0 Å². The third-order valence-corrected chi connectivity index (χ3v) is 4.91. The fourth-order valence-electron chi connectivity index (χ4n) is 1.14. The summed E-state index contributed by atoms with van der Waals surface area (Å²) >= 11 is 4.41. The van der Waals surface area contributed by atoms with Crippen LogP contribution >= 0.6 is 45.2 Å². The SMILES string of the molecule is COCCOCCOC(=O)c1ccc(I)c(I)c1. The molecule has 18 heavy (non-hydrogen) atoms. The molecule has 0 heterocycles. The predicted molar refractivity (Wildman–Crippen MR) is 84.9 cm³/mol. The van der Waals surface area contributed by atoms with E-state index in [9.17, 15) is 4.79 Å². The Balaban J connectivity index is 2.30. The van der Waals surface area contributed by atoms with Crippen LogP contribution in [0.4, 0.5) is 0 Å². The minimum atomic E-state index is -0.320. The first-order valence-electron chi connectivity index (χ1n) is 5.34. The maximum absolute atomic E-state index is 11.7. The van der Waals surface area contributed by atoms with Crippen molar-refractivity contribution in [1.82, 2.24) is 0 Å². The number of rotatable bonds is 7. The van der Waals surface area contributed by atoms with E-state index < -0.39 is 0 Å². The van der Waals surface area contributed by atoms with E-state index in [1.165, 1.54) is 0 Å². The molecule has 4 nitrogen and oxygen atoms in total. The summed E-state index contributed by atoms with van der Waals surface area (Å²) in [5.74, 6) is -0.320. The molecule has 0 aliphatic heterocycles. The van der Waals surface area contributed by atoms with Gasteiger partial charge in [-0.2, -0.15) is 0 Å². The van der Waals surface area contributed by atoms with E-state index in [2.05, 4.69) is 45.2 Å². The molecule has 6 heteroatoms. The van der Waals surface area contributed by atoms with Crippen molar-refractivity contribution < 1.29 is 19.0 Å². The highest BCUT2D eigenvalue weighted by Crippen LogP contribution is 2.16. The lowest BCUT2D eigenvalue weighted by Crippen LogP contribution is -2.12. The summed E-state index contributed by atoms with van der Waals surface area (Å²) < 4.78 is 17.3. The molecule has 0 unspecified atom stereocenters. The molecule has 0 fully saturated rings. The fourth-order valence-corrected chi connectivity index (χ4v) is 1.99. The molecule has 0 saturated heterocycles. The molecule has 0 spiro atoms. The standard InChI is InChI=1S/C12H14I2O4/c1-16-4-5-17-6-7-18-12(15)9-2-3-10(13)11(14)8-9/h2-3,8H,4-7H2,1H3. The Labute approximate surface area is 134 Å². The summed E-state index contributed by atoms with van der Waals surface area (Å²) in [6.07, 6.45) is 0. The predicted octanol–water partition coefficient (Wildman–Crippen LogP) is 2.72. The zero-order chi connectivity index (χ0) is 13.4. The number of hydrogen-bond acceptors (Lipinski definition) is 4. The van der Waals surface area contributed by atoms with E-state index in [1.54, 1.807) is 13.2 Å². The molecular weight excluding hydrogens is 462 g/mol. The van der Waals surface area contributed by atoms with Gasteiger partial charge in [0.1, 0.15) is 6.61 Å². The Bertz CT molecular complexity index is 396. The molecule has 0 bridgehead atoms. The van der Waals surface area contributed by atoms with Gasteiger partial charge in [-0.15, -0.1) is 0 Å². The highest BCUT2D eigenvalue weighted by Gasteiger charge is 2.08. The maximum atomic E-state index is 11.7. The maximum Gasteiger partial charge on any atom is 0.338 e. The number of ether oxygens (including phenoxy) is 3. The van der Waals surface area contributed by atoms with Crippen molar-refractivity contribution in [2.24, 2.45) is 0 Å². The molecule has 0 N–H and O–H groups in total. The molecule has 0 saturated carbocycles. The molecular formula is C12H14I2O4. The fraction of sp³-hybridized carbons (Fsp3) is 0.417. The van der Waals surface area contributed by atoms with Gasteiger partial charge in [0.2, 0.25) is 0 Å². The molecule has 0 amide bonds. The van der Waals surface area contributed by atoms with Gasteiger partial charge in [0.15, 0.2) is 0 Å². The van der Waals surface area contributed by atoms with Crippen LogP contribution in [0.25, 0.3) is 0 Å². The average molecular weight is 476 g/mol. The van der Waals surface area contributed by atoms with Crippen LogP contribution in [0.5, 0.6) is 0 Å². The molecule has 100 valence electrons. The van der Waals surface area contributed by atoms with Crippen LogP contribution in [0, 0.1) is 7.14 Å². The minimum absolute atomic E-state index is 0.255. The Morgan fingerprint density at radius 1 is 1.11 bits per heavy atom. The molecule has 0 atom stereocenters. The first-order chi connectivity index (χ1) is 8.65. The zero-order valence-electron chi connectivity index (χ0n) is 9.95. The van der Waals surface area contributed by atoms with Gasteiger partial charge in [-0.1, -0.05) is 0 Å². The molecule has 0 radical (unpaired) electrons. The Morgan fingerprint density at radius 3 is 2.50 bits per heavy atom. The van der Waals surface area contributed by atoms with Crippen LogP contribution < -0.4 is 0 Å². The minimum Gasteiger partial charge on any atom is -0.460 e. The smallest absolute Gasteiger partial charge is 0.338 e. The van der Waals surface area contributed by atoms with Gasteiger partial charge < -0.3 is 14.2 Å². The van der Waals surface area contributed by atoms with Crippen LogP contribution in [-0.2, 0) is 14.2 Å². The quantitative estimate of drug-likeness (QED) is 0.345. The lowest BCUT2D eigenvalue weighted by Gasteiger charge is -2.06. The van der Waals surface area contributed by atoms with E-state index in [0.29, 0.717) is 25.4 Å². The second-order valence-electron chi connectivity index (χ2n) is 3.37. The molecule has 0 aliphatic rings. The number of methoxy groups -OCH3 is 1. The highest BCUT2D eigenvalue weighted by molar-refractivity contribution is 14.1. The number of benzene rings is 1. The van der Waals surface area contributed by atoms with Gasteiger partial charge in [-0.05, 0) is 63.4 Å². The van der Waals surface area contributed by atoms with Crippen LogP contribution in [-0.4, -0.2) is 39.5 Å². The largest absolute Gasteiger partial charge is 0.460 e. The summed E-state index contributed by atoms with van der Waals surface area (Å²) in [6, 6.07) is 5.47. The van der Waals surface area contributed by atoms with Crippen molar-refractivity contribution in [2.45, 2.75) is 0 Å². The second-order valence-corrected chi connectivity index (χ2v) is 5.69. The van der Waals surface area contributed by atoms with E-state index in [4.69, 9.17) is 14.2 Å². The van der Waals surface area contributed by atoms with Crippen molar-refractivity contribution in [1.29, 1.82) is 0 Å². The normalized spacial score (nSPS) is 10.4. The van der Waals surface area contributed by atoms with Crippen molar-refractivity contribution in [3.05, 3.63) is 30.9 Å². The van der Waals surface area contributed by atoms with Crippen LogP contribution in [0.1, 0.15) is 10.4 Å². The molecule has 0 aromatic heterocycles. The van der Waals surface area contributed by atoms with Gasteiger partial charge in [-0.3, -0.25) is 0 Å². The molecule has 1 rings (SSSR count). The third kappa shape index (κ3) is 5.81. The van der Waals surface area contributed by atoms with Gasteiger partial charge >= 0.3 is 5.97 Å². The Morgan fingerprint density at radius 2 is 1.83 bits per heavy atom. The Kier molecular flexibility index (Phi) is 8.11. The molecule has 0 aliphatic carbocycles. The third-order valence-electron chi connectivity index (χ3n) is 2.05. The number of esters is 1. The monoisotopic (exact) mass is 476 g/mol. The number of carbonyl (C=O) groups is 1. The van der Waals surface area contributed by atoms with Gasteiger partial charge in [0.05, 0.1) is 25.4 Å². The topological polar surface area (TPSA) is 44.8 Å². The van der Waals surface area contributed by atoms with Crippen molar-refractivity contribution in [3.63, 3.8) is 0 Å². The van der Waals surface area contributed by atoms with Crippen LogP contribution in [0.15, 0.2) is 18.2 Å². The summed E-state index contributed by atoms with van der Waals surface area (Å²) in [5, 5.41) is 0. The Hall–Kier alpha value is 0.0700. The zero-order valence-corrected chi connectivity index (χ0v) is 14.3. The second kappa shape index (κ2) is 9.05. The van der Waals surface area contributed by atoms with Gasteiger partial charge in [-0.25, -0.2) is 4.79 Å². The highest BCUT2D eigenvalue weighted by atomic mass is 127. The van der Waals surface area contributed by atoms with E-state index in [0.717, 1.165) is 7.14 Å². The molecule has 1 aromatic rings. The summed E-state index contributed by atoms with van der Waals surface area (Å²) in [4.78, 5) is 11.7. The summed E-state index contributed by atoms with van der Waals surface area (Å²) in [7, 11) is 1.61. The first kappa shape index (κ1) is 16.1.